The zero-order chi connectivity index (χ0) is 14.0. The normalized spacial score (nSPS) is 12.2. The molecule has 0 aliphatic rings. The Morgan fingerprint density at radius 3 is 2.47 bits per heavy atom. The average molecular weight is 261 g/mol. The van der Waals surface area contributed by atoms with Crippen molar-refractivity contribution < 1.29 is 4.42 Å². The highest BCUT2D eigenvalue weighted by Crippen LogP contribution is 2.25. The third-order valence-corrected chi connectivity index (χ3v) is 2.91. The van der Waals surface area contributed by atoms with Crippen molar-refractivity contribution in [2.24, 2.45) is 0 Å². The van der Waals surface area contributed by atoms with Crippen LogP contribution >= 0.6 is 0 Å². The van der Waals surface area contributed by atoms with Crippen LogP contribution < -0.4 is 16.4 Å². The lowest BCUT2D eigenvalue weighted by molar-refractivity contribution is 0.500. The summed E-state index contributed by atoms with van der Waals surface area (Å²) in [6.45, 7) is 5.94. The van der Waals surface area contributed by atoms with Gasteiger partial charge in [0.25, 0.3) is 0 Å². The molecule has 0 spiro atoms. The van der Waals surface area contributed by atoms with Crippen LogP contribution in [0, 0.1) is 13.8 Å². The Labute approximate surface area is 112 Å². The minimum atomic E-state index is 0.0801. The maximum Gasteiger partial charge on any atom is 0.223 e. The highest BCUT2D eigenvalue weighted by atomic mass is 16.3. The number of anilines is 3. The number of aromatic nitrogens is 2. The summed E-state index contributed by atoms with van der Waals surface area (Å²) in [6, 6.07) is 3.92. The quantitative estimate of drug-likeness (QED) is 0.783. The van der Waals surface area contributed by atoms with Crippen LogP contribution in [0.15, 0.2) is 16.5 Å². The first-order chi connectivity index (χ1) is 8.99. The first kappa shape index (κ1) is 13.2. The molecule has 2 aromatic heterocycles. The van der Waals surface area contributed by atoms with Gasteiger partial charge in [0.2, 0.25) is 5.95 Å². The van der Waals surface area contributed by atoms with Crippen molar-refractivity contribution in [3.8, 4) is 0 Å². The molecule has 0 aliphatic heterocycles. The van der Waals surface area contributed by atoms with Crippen LogP contribution in [0.3, 0.4) is 0 Å². The van der Waals surface area contributed by atoms with Gasteiger partial charge in [0, 0.05) is 18.7 Å². The summed E-state index contributed by atoms with van der Waals surface area (Å²) in [5.74, 6) is 3.42. The smallest absolute Gasteiger partial charge is 0.223 e. The minimum Gasteiger partial charge on any atom is -0.466 e. The number of nitrogens with one attached hydrogen (secondary N) is 2. The van der Waals surface area contributed by atoms with Gasteiger partial charge in [-0.2, -0.15) is 9.97 Å². The standard InChI is InChI=1S/C13H19N5O/c1-7-5-10(9(3)19-7)8(2)16-12-6-11(15-4)17-13(14)18-12/h5-6,8H,1-4H3,(H4,14,15,16,17,18). The van der Waals surface area contributed by atoms with Crippen molar-refractivity contribution in [2.75, 3.05) is 23.4 Å². The topological polar surface area (TPSA) is 89.0 Å². The molecule has 1 atom stereocenters. The van der Waals surface area contributed by atoms with Gasteiger partial charge in [-0.15, -0.1) is 0 Å². The van der Waals surface area contributed by atoms with Gasteiger partial charge in [-0.1, -0.05) is 0 Å². The van der Waals surface area contributed by atoms with Crippen molar-refractivity contribution >= 4 is 17.6 Å². The molecule has 102 valence electrons. The van der Waals surface area contributed by atoms with E-state index in [1.807, 2.05) is 26.0 Å². The van der Waals surface area contributed by atoms with Crippen LogP contribution in [0.1, 0.15) is 30.0 Å². The van der Waals surface area contributed by atoms with Crippen LogP contribution in [0.2, 0.25) is 0 Å². The molecule has 1 unspecified atom stereocenters. The molecule has 0 fully saturated rings. The predicted octanol–water partition coefficient (Wildman–Crippen LogP) is 2.48. The lowest BCUT2D eigenvalue weighted by Crippen LogP contribution is -2.10. The van der Waals surface area contributed by atoms with Crippen LogP contribution in [-0.2, 0) is 0 Å². The van der Waals surface area contributed by atoms with Gasteiger partial charge in [-0.3, -0.25) is 0 Å². The molecule has 6 nitrogen and oxygen atoms in total. The Kier molecular flexibility index (Phi) is 3.59. The summed E-state index contributed by atoms with van der Waals surface area (Å²) >= 11 is 0. The average Bonchev–Trinajstić information content (AvgIpc) is 2.67. The molecule has 0 saturated heterocycles. The number of hydrogen-bond acceptors (Lipinski definition) is 6. The Hall–Kier alpha value is -2.24. The summed E-state index contributed by atoms with van der Waals surface area (Å²) in [7, 11) is 1.79. The molecular formula is C13H19N5O. The first-order valence-corrected chi connectivity index (χ1v) is 6.15. The van der Waals surface area contributed by atoms with Crippen molar-refractivity contribution in [3.05, 3.63) is 29.2 Å². The van der Waals surface area contributed by atoms with Crippen LogP contribution in [0.4, 0.5) is 17.6 Å². The lowest BCUT2D eigenvalue weighted by atomic mass is 10.1. The highest BCUT2D eigenvalue weighted by Gasteiger charge is 2.13. The second-order valence-corrected chi connectivity index (χ2v) is 4.48. The van der Waals surface area contributed by atoms with Gasteiger partial charge in [0.15, 0.2) is 0 Å². The van der Waals surface area contributed by atoms with E-state index in [4.69, 9.17) is 10.2 Å². The minimum absolute atomic E-state index is 0.0801. The van der Waals surface area contributed by atoms with Gasteiger partial charge in [0.1, 0.15) is 23.2 Å². The number of hydrogen-bond donors (Lipinski definition) is 3. The highest BCUT2D eigenvalue weighted by molar-refractivity contribution is 5.51. The van der Waals surface area contributed by atoms with Crippen LogP contribution in [0.5, 0.6) is 0 Å². The molecule has 0 aliphatic carbocycles. The van der Waals surface area contributed by atoms with Crippen molar-refractivity contribution in [1.29, 1.82) is 0 Å². The molecule has 2 aromatic rings. The molecule has 19 heavy (non-hydrogen) atoms. The molecule has 0 saturated carbocycles. The lowest BCUT2D eigenvalue weighted by Gasteiger charge is -2.14. The largest absolute Gasteiger partial charge is 0.466 e. The molecule has 0 bridgehead atoms. The summed E-state index contributed by atoms with van der Waals surface area (Å²) in [5.41, 5.74) is 6.77. The summed E-state index contributed by atoms with van der Waals surface area (Å²) < 4.78 is 5.53. The van der Waals surface area contributed by atoms with E-state index in [-0.39, 0.29) is 12.0 Å². The van der Waals surface area contributed by atoms with Crippen molar-refractivity contribution in [3.63, 3.8) is 0 Å². The summed E-state index contributed by atoms with van der Waals surface area (Å²) in [4.78, 5) is 8.22. The van der Waals surface area contributed by atoms with E-state index in [1.54, 1.807) is 7.05 Å². The second kappa shape index (κ2) is 5.17. The number of nitrogen functional groups attached to an aromatic ring is 1. The monoisotopic (exact) mass is 261 g/mol. The van der Waals surface area contributed by atoms with E-state index in [9.17, 15) is 0 Å². The van der Waals surface area contributed by atoms with Crippen molar-refractivity contribution in [2.45, 2.75) is 26.8 Å². The Balaban J connectivity index is 2.21. The van der Waals surface area contributed by atoms with Gasteiger partial charge in [-0.05, 0) is 26.8 Å². The fourth-order valence-corrected chi connectivity index (χ4v) is 2.05. The molecule has 0 aromatic carbocycles. The summed E-state index contributed by atoms with van der Waals surface area (Å²) in [6.07, 6.45) is 0. The third kappa shape index (κ3) is 2.96. The van der Waals surface area contributed by atoms with E-state index in [2.05, 4.69) is 27.5 Å². The maximum absolute atomic E-state index is 5.66. The SMILES string of the molecule is CNc1cc(NC(C)c2cc(C)oc2C)nc(N)n1. The molecular weight excluding hydrogens is 242 g/mol. The molecule has 0 radical (unpaired) electrons. The van der Waals surface area contributed by atoms with Crippen LogP contribution in [0.25, 0.3) is 0 Å². The molecule has 2 rings (SSSR count). The van der Waals surface area contributed by atoms with E-state index in [1.165, 1.54) is 0 Å². The fraction of sp³-hybridized carbons (Fsp3) is 0.385. The van der Waals surface area contributed by atoms with E-state index in [0.29, 0.717) is 11.6 Å². The molecule has 4 N–H and O–H groups in total. The third-order valence-electron chi connectivity index (χ3n) is 2.91. The van der Waals surface area contributed by atoms with Gasteiger partial charge in [0.05, 0.1) is 6.04 Å². The number of nitrogens with zero attached hydrogens (tertiary/aromatic N) is 2. The summed E-state index contributed by atoms with van der Waals surface area (Å²) in [5, 5.41) is 6.24. The van der Waals surface area contributed by atoms with Gasteiger partial charge in [-0.25, -0.2) is 0 Å². The Morgan fingerprint density at radius 2 is 1.89 bits per heavy atom. The van der Waals surface area contributed by atoms with E-state index in [0.717, 1.165) is 17.1 Å². The van der Waals surface area contributed by atoms with Crippen molar-refractivity contribution in [1.82, 2.24) is 9.97 Å². The number of nitrogens with two attached hydrogens (primary N) is 1. The van der Waals surface area contributed by atoms with E-state index < -0.39 is 0 Å². The Morgan fingerprint density at radius 1 is 1.21 bits per heavy atom. The molecule has 2 heterocycles. The van der Waals surface area contributed by atoms with Gasteiger partial charge < -0.3 is 20.8 Å². The second-order valence-electron chi connectivity index (χ2n) is 4.48. The number of aryl methyl sites for hydroxylation is 2. The number of furan rings is 1. The van der Waals surface area contributed by atoms with Gasteiger partial charge >= 0.3 is 0 Å². The predicted molar refractivity (Wildman–Crippen MR) is 76.2 cm³/mol. The number of rotatable bonds is 4. The Bertz CT molecular complexity index is 578. The maximum atomic E-state index is 5.66. The molecule has 0 amide bonds. The zero-order valence-corrected chi connectivity index (χ0v) is 11.6. The first-order valence-electron chi connectivity index (χ1n) is 6.15. The zero-order valence-electron chi connectivity index (χ0n) is 11.6. The van der Waals surface area contributed by atoms with Crippen LogP contribution in [-0.4, -0.2) is 17.0 Å². The van der Waals surface area contributed by atoms with E-state index >= 15 is 0 Å². The fourth-order valence-electron chi connectivity index (χ4n) is 2.05. The molecule has 6 heteroatoms.